The highest BCUT2D eigenvalue weighted by Gasteiger charge is 2.27. The Morgan fingerprint density at radius 1 is 0.672 bits per heavy atom. The van der Waals surface area contributed by atoms with Gasteiger partial charge >= 0.3 is 0 Å². The summed E-state index contributed by atoms with van der Waals surface area (Å²) in [4.78, 5) is 62.4. The Balaban J connectivity index is 1.63. The van der Waals surface area contributed by atoms with E-state index in [4.69, 9.17) is 45.9 Å². The van der Waals surface area contributed by atoms with Gasteiger partial charge in [0.15, 0.2) is 23.3 Å². The van der Waals surface area contributed by atoms with E-state index < -0.39 is 5.91 Å². The van der Waals surface area contributed by atoms with E-state index in [0.717, 1.165) is 122 Å². The van der Waals surface area contributed by atoms with Crippen molar-refractivity contribution in [2.75, 3.05) is 5.73 Å². The molecule has 0 spiro atoms. The highest BCUT2D eigenvalue weighted by molar-refractivity contribution is 6.16. The summed E-state index contributed by atoms with van der Waals surface area (Å²) in [6.45, 7) is 19.5. The van der Waals surface area contributed by atoms with Crippen LogP contribution < -0.4 is 5.73 Å². The minimum absolute atomic E-state index is 0.136. The minimum atomic E-state index is -0.566. The molecule has 13 heteroatoms. The molecule has 1 amide bonds. The Labute approximate surface area is 377 Å². The van der Waals surface area contributed by atoms with E-state index in [0.29, 0.717) is 28.7 Å². The predicted octanol–water partition coefficient (Wildman–Crippen LogP) is 12.0. The molecular formula is C51H63N12O-. The number of benzene rings is 1. The summed E-state index contributed by atoms with van der Waals surface area (Å²) in [7, 11) is 0. The van der Waals surface area contributed by atoms with E-state index >= 15 is 0 Å². The van der Waals surface area contributed by atoms with E-state index in [1.54, 1.807) is 30.6 Å². The number of nitrogens with two attached hydrogens (primary N) is 1. The minimum Gasteiger partial charge on any atom is -0.616 e. The molecule has 0 saturated carbocycles. The van der Waals surface area contributed by atoms with Gasteiger partial charge in [0, 0.05) is 51.5 Å². The Morgan fingerprint density at radius 3 is 1.89 bits per heavy atom. The molecule has 334 valence electrons. The lowest BCUT2D eigenvalue weighted by molar-refractivity contribution is 0.103. The van der Waals surface area contributed by atoms with Crippen molar-refractivity contribution in [3.63, 3.8) is 0 Å². The van der Waals surface area contributed by atoms with Crippen LogP contribution in [0.1, 0.15) is 194 Å². The van der Waals surface area contributed by atoms with E-state index in [2.05, 4.69) is 77.3 Å². The molecule has 1 aromatic carbocycles. The summed E-state index contributed by atoms with van der Waals surface area (Å²) < 4.78 is 0. The van der Waals surface area contributed by atoms with Crippen molar-refractivity contribution >= 4 is 62.8 Å². The molecule has 4 N–H and O–H groups in total. The highest BCUT2D eigenvalue weighted by Crippen LogP contribution is 2.40. The summed E-state index contributed by atoms with van der Waals surface area (Å²) in [5, 5.41) is 4.71. The van der Waals surface area contributed by atoms with Crippen molar-refractivity contribution in [3.8, 4) is 0 Å². The van der Waals surface area contributed by atoms with E-state index in [-0.39, 0.29) is 34.2 Å². The van der Waals surface area contributed by atoms with E-state index in [9.17, 15) is 4.79 Å². The third kappa shape index (κ3) is 9.58. The average molecular weight is 860 g/mol. The van der Waals surface area contributed by atoms with Gasteiger partial charge in [-0.15, -0.1) is 0 Å². The first-order chi connectivity index (χ1) is 30.9. The number of nitrogen functional groups attached to an aromatic ring is 1. The van der Waals surface area contributed by atoms with Crippen LogP contribution in [-0.4, -0.2) is 57.0 Å². The van der Waals surface area contributed by atoms with Gasteiger partial charge in [-0.1, -0.05) is 119 Å². The number of carbonyl (C=O) groups is 1. The molecule has 6 heterocycles. The summed E-state index contributed by atoms with van der Waals surface area (Å²) >= 11 is 0. The summed E-state index contributed by atoms with van der Waals surface area (Å²) in [5.74, 6) is 2.22. The number of aliphatic imine (C=N–C) groups is 1. The highest BCUT2D eigenvalue weighted by atomic mass is 16.1. The van der Waals surface area contributed by atoms with Gasteiger partial charge in [-0.25, -0.2) is 29.9 Å². The van der Waals surface area contributed by atoms with Crippen LogP contribution in [0.2, 0.25) is 0 Å². The number of rotatable bonds is 16. The Kier molecular flexibility index (Phi) is 14.3. The lowest BCUT2D eigenvalue weighted by Gasteiger charge is -2.21. The normalized spacial score (nSPS) is 13.7. The van der Waals surface area contributed by atoms with Crippen LogP contribution in [0, 0.1) is 0 Å². The average Bonchev–Trinajstić information content (AvgIpc) is 3.96. The van der Waals surface area contributed by atoms with E-state index in [1.165, 1.54) is 11.1 Å². The van der Waals surface area contributed by atoms with Crippen molar-refractivity contribution in [1.82, 2.24) is 44.9 Å². The van der Waals surface area contributed by atoms with Crippen molar-refractivity contribution < 1.29 is 4.79 Å². The van der Waals surface area contributed by atoms with Gasteiger partial charge in [0.05, 0.1) is 11.4 Å². The zero-order chi connectivity index (χ0) is 45.5. The molecule has 0 fully saturated rings. The van der Waals surface area contributed by atoms with Crippen LogP contribution >= 0.6 is 0 Å². The summed E-state index contributed by atoms with van der Waals surface area (Å²) in [6, 6.07) is 11.1. The van der Waals surface area contributed by atoms with Gasteiger partial charge in [-0.3, -0.25) is 9.98 Å². The van der Waals surface area contributed by atoms with Crippen LogP contribution in [0.15, 0.2) is 47.6 Å². The first-order valence-electron chi connectivity index (χ1n) is 23.3. The van der Waals surface area contributed by atoms with Gasteiger partial charge in [0.2, 0.25) is 0 Å². The number of pyridine rings is 1. The molecule has 13 nitrogen and oxygen atoms in total. The zero-order valence-electron chi connectivity index (χ0n) is 39.1. The second-order valence-electron chi connectivity index (χ2n) is 17.7. The van der Waals surface area contributed by atoms with Crippen molar-refractivity contribution in [1.29, 1.82) is 0 Å². The third-order valence-electron chi connectivity index (χ3n) is 11.6. The molecule has 0 aliphatic carbocycles. The maximum Gasteiger partial charge on any atom is 0.181 e. The number of hydrogen-bond acceptors (Lipinski definition) is 10. The quantitative estimate of drug-likeness (QED) is 0.0726. The number of nitrogens with one attached hydrogen (secondary N) is 2. The molecule has 0 unspecified atom stereocenters. The molecular weight excluding hydrogens is 797 g/mol. The van der Waals surface area contributed by atoms with E-state index in [1.807, 2.05) is 18.2 Å². The van der Waals surface area contributed by atoms with Crippen LogP contribution in [-0.2, 0) is 18.3 Å². The lowest BCUT2D eigenvalue weighted by Crippen LogP contribution is -2.12. The molecule has 64 heavy (non-hydrogen) atoms. The molecule has 4 aromatic rings. The zero-order valence-corrected chi connectivity index (χ0v) is 39.1. The second-order valence-corrected chi connectivity index (χ2v) is 17.7. The number of nitrogens with zero attached hydrogens (tertiary/aromatic N) is 9. The fraction of sp³-hybridized carbons (Fsp3) is 0.431. The van der Waals surface area contributed by atoms with Gasteiger partial charge in [-0.2, -0.15) is 0 Å². The molecule has 3 aliphatic heterocycles. The third-order valence-corrected chi connectivity index (χ3v) is 11.6. The fourth-order valence-corrected chi connectivity index (χ4v) is 8.43. The number of anilines is 1. The van der Waals surface area contributed by atoms with Gasteiger partial charge in [0.1, 0.15) is 28.9 Å². The molecule has 8 bridgehead atoms. The second kappa shape index (κ2) is 20.0. The van der Waals surface area contributed by atoms with Crippen LogP contribution in [0.4, 0.5) is 5.69 Å². The van der Waals surface area contributed by atoms with Crippen LogP contribution in [0.25, 0.3) is 50.3 Å². The number of fused-ring (bicyclic) bond motifs is 8. The number of hydrogen-bond donors (Lipinski definition) is 3. The number of amides is 1. The first-order valence-corrected chi connectivity index (χ1v) is 23.3. The number of carbonyl (C=O) groups excluding carboxylic acids is 1. The van der Waals surface area contributed by atoms with Crippen LogP contribution in [0.5, 0.6) is 0 Å². The lowest BCUT2D eigenvalue weighted by atomic mass is 9.86. The largest absolute Gasteiger partial charge is 0.616 e. The summed E-state index contributed by atoms with van der Waals surface area (Å²) in [6.07, 6.45) is 13.5. The smallest absolute Gasteiger partial charge is 0.181 e. The molecule has 0 saturated heterocycles. The fourth-order valence-electron chi connectivity index (χ4n) is 8.43. The number of H-pyrrole nitrogens is 2. The van der Waals surface area contributed by atoms with Crippen molar-refractivity contribution in [3.05, 3.63) is 111 Å². The van der Waals surface area contributed by atoms with Crippen molar-refractivity contribution in [2.45, 2.75) is 145 Å². The molecule has 0 atom stereocenters. The van der Waals surface area contributed by atoms with Gasteiger partial charge < -0.3 is 25.8 Å². The molecule has 0 radical (unpaired) electrons. The Hall–Kier alpha value is -6.37. The summed E-state index contributed by atoms with van der Waals surface area (Å²) in [5.41, 5.74) is 17.7. The number of aromatic nitrogens is 9. The van der Waals surface area contributed by atoms with Crippen molar-refractivity contribution in [2.24, 2.45) is 4.99 Å². The number of aryl methyl sites for hydroxylation is 2. The maximum absolute atomic E-state index is 14.1. The predicted molar refractivity (Wildman–Crippen MR) is 261 cm³/mol. The first kappa shape index (κ1) is 45.6. The topological polar surface area (TPSA) is 191 Å². The monoisotopic (exact) mass is 860 g/mol. The Bertz CT molecular complexity index is 2730. The molecule has 3 aromatic heterocycles. The number of aromatic amines is 2. The van der Waals surface area contributed by atoms with Crippen LogP contribution in [0.3, 0.4) is 0 Å². The van der Waals surface area contributed by atoms with Gasteiger partial charge in [-0.05, 0) is 79.3 Å². The Morgan fingerprint density at radius 2 is 1.25 bits per heavy atom. The maximum atomic E-state index is 14.1. The SMILES string of the molecule is CCCC1=C(CCC)c2nc1nc1nc(nc3nc([nH]c4[nH]c(n2)c(CCC)c4CCC)C(CCC)=C3CCC)C([N-]C(=O)c2ccccn2)=C1N=Cc1cc(C(C)(C)C)ccc1N. The number of allylic oxidation sites excluding steroid dienone is 4. The molecule has 7 rings (SSSR count). The van der Waals surface area contributed by atoms with Gasteiger partial charge in [0.25, 0.3) is 0 Å². The molecule has 3 aliphatic rings. The standard InChI is InChI=1S/C51H64N12O/c1-10-18-32-33(19-11-2)43-56-42(32)57-44-34(20-12-3)36(22-14-5)46(59-44)61-48-40(54-29-30-28-31(51(7,8)9)25-26-38(30)52)41(55-50(64)39-24-16-17-27-53-39)49(63-48)62-47-37(23-15-6)35(21-13-4)45(58-43)60-47/h16-17,24-29H,10-15,18-23H2,1-9H3,(H5,52,53,54,55,56,57,58,59,60,61,62,63,64)/p-1.